The fourth-order valence-electron chi connectivity index (χ4n) is 2.76. The van der Waals surface area contributed by atoms with Gasteiger partial charge in [-0.3, -0.25) is 4.79 Å². The van der Waals surface area contributed by atoms with E-state index in [1.54, 1.807) is 6.08 Å². The van der Waals surface area contributed by atoms with Gasteiger partial charge < -0.3 is 5.32 Å². The van der Waals surface area contributed by atoms with Crippen LogP contribution in [0.4, 0.5) is 5.69 Å². The summed E-state index contributed by atoms with van der Waals surface area (Å²) >= 11 is 0. The molecule has 3 nitrogen and oxygen atoms in total. The van der Waals surface area contributed by atoms with Crippen molar-refractivity contribution >= 4 is 28.4 Å². The van der Waals surface area contributed by atoms with Crippen LogP contribution in [0, 0.1) is 25.2 Å². The minimum atomic E-state index is -0.400. The third kappa shape index (κ3) is 3.76. The Morgan fingerprint density at radius 3 is 2.48 bits per heavy atom. The predicted octanol–water partition coefficient (Wildman–Crippen LogP) is 5.00. The highest BCUT2D eigenvalue weighted by atomic mass is 16.1. The lowest BCUT2D eigenvalue weighted by molar-refractivity contribution is -0.112. The highest BCUT2D eigenvalue weighted by molar-refractivity contribution is 6.10. The van der Waals surface area contributed by atoms with E-state index in [4.69, 9.17) is 0 Å². The molecule has 122 valence electrons. The Morgan fingerprint density at radius 2 is 1.76 bits per heavy atom. The van der Waals surface area contributed by atoms with Crippen molar-refractivity contribution in [2.75, 3.05) is 5.32 Å². The zero-order valence-electron chi connectivity index (χ0n) is 14.2. The highest BCUT2D eigenvalue weighted by Gasteiger charge is 2.11. The van der Waals surface area contributed by atoms with Crippen LogP contribution in [0.25, 0.3) is 16.8 Å². The summed E-state index contributed by atoms with van der Waals surface area (Å²) in [6.07, 6.45) is 1.62. The quantitative estimate of drug-likeness (QED) is 0.544. The van der Waals surface area contributed by atoms with Gasteiger partial charge in [0.15, 0.2) is 0 Å². The van der Waals surface area contributed by atoms with Crippen molar-refractivity contribution in [2.24, 2.45) is 0 Å². The molecule has 3 rings (SSSR count). The van der Waals surface area contributed by atoms with Gasteiger partial charge in [0.1, 0.15) is 11.6 Å². The first-order valence-electron chi connectivity index (χ1n) is 8.06. The molecule has 0 aliphatic rings. The maximum absolute atomic E-state index is 12.4. The van der Waals surface area contributed by atoms with Crippen LogP contribution in [0.5, 0.6) is 0 Å². The van der Waals surface area contributed by atoms with E-state index < -0.39 is 5.91 Å². The van der Waals surface area contributed by atoms with Gasteiger partial charge in [0.25, 0.3) is 5.91 Å². The van der Waals surface area contributed by atoms with Crippen LogP contribution < -0.4 is 5.32 Å². The fourth-order valence-corrected chi connectivity index (χ4v) is 2.76. The molecule has 0 atom stereocenters. The van der Waals surface area contributed by atoms with Gasteiger partial charge in [-0.05, 0) is 54.0 Å². The van der Waals surface area contributed by atoms with E-state index in [1.165, 1.54) is 0 Å². The van der Waals surface area contributed by atoms with Gasteiger partial charge in [-0.2, -0.15) is 5.26 Å². The average molecular weight is 326 g/mol. The molecular formula is C22H18N2O. The maximum Gasteiger partial charge on any atom is 0.266 e. The summed E-state index contributed by atoms with van der Waals surface area (Å²) in [5, 5.41) is 14.4. The lowest BCUT2D eigenvalue weighted by Crippen LogP contribution is -2.14. The van der Waals surface area contributed by atoms with E-state index in [0.717, 1.165) is 33.2 Å². The molecule has 0 saturated carbocycles. The van der Waals surface area contributed by atoms with E-state index in [1.807, 2.05) is 80.6 Å². The van der Waals surface area contributed by atoms with Crippen LogP contribution in [0.3, 0.4) is 0 Å². The normalized spacial score (nSPS) is 11.2. The van der Waals surface area contributed by atoms with Gasteiger partial charge in [-0.1, -0.05) is 54.1 Å². The number of nitrogens with zero attached hydrogens (tertiary/aromatic N) is 1. The number of fused-ring (bicyclic) bond motifs is 1. The summed E-state index contributed by atoms with van der Waals surface area (Å²) in [4.78, 5) is 12.4. The summed E-state index contributed by atoms with van der Waals surface area (Å²) in [5.74, 6) is -0.400. The number of carbonyl (C=O) groups is 1. The third-order valence-corrected chi connectivity index (χ3v) is 4.08. The molecule has 3 aromatic carbocycles. The number of hydrogen-bond donors (Lipinski definition) is 1. The zero-order valence-corrected chi connectivity index (χ0v) is 14.2. The van der Waals surface area contributed by atoms with Crippen molar-refractivity contribution in [1.82, 2.24) is 0 Å². The molecule has 0 bridgehead atoms. The molecule has 0 spiro atoms. The van der Waals surface area contributed by atoms with E-state index in [0.29, 0.717) is 0 Å². The highest BCUT2D eigenvalue weighted by Crippen LogP contribution is 2.19. The van der Waals surface area contributed by atoms with Crippen molar-refractivity contribution < 1.29 is 4.79 Å². The number of hydrogen-bond acceptors (Lipinski definition) is 2. The number of anilines is 1. The Balaban J connectivity index is 1.88. The van der Waals surface area contributed by atoms with E-state index in [-0.39, 0.29) is 5.57 Å². The molecular weight excluding hydrogens is 308 g/mol. The van der Waals surface area contributed by atoms with Crippen LogP contribution in [0.15, 0.2) is 66.2 Å². The molecule has 0 aromatic heterocycles. The fraction of sp³-hybridized carbons (Fsp3) is 0.0909. The Bertz CT molecular complexity index is 1030. The topological polar surface area (TPSA) is 52.9 Å². The molecule has 0 unspecified atom stereocenters. The Kier molecular flexibility index (Phi) is 4.63. The number of rotatable bonds is 3. The van der Waals surface area contributed by atoms with Gasteiger partial charge in [0, 0.05) is 5.69 Å². The molecule has 0 radical (unpaired) electrons. The number of aryl methyl sites for hydroxylation is 2. The van der Waals surface area contributed by atoms with E-state index in [9.17, 15) is 10.1 Å². The van der Waals surface area contributed by atoms with Crippen LogP contribution in [0.1, 0.15) is 16.7 Å². The summed E-state index contributed by atoms with van der Waals surface area (Å²) in [5.41, 5.74) is 3.72. The zero-order chi connectivity index (χ0) is 17.8. The number of carbonyl (C=O) groups excluding carboxylic acids is 1. The number of amides is 1. The second kappa shape index (κ2) is 7.02. The second-order valence-electron chi connectivity index (χ2n) is 6.05. The largest absolute Gasteiger partial charge is 0.321 e. The number of benzene rings is 3. The molecule has 1 amide bonds. The lowest BCUT2D eigenvalue weighted by atomic mass is 10.0. The molecule has 0 heterocycles. The molecule has 0 fully saturated rings. The molecule has 0 aliphatic carbocycles. The molecule has 1 N–H and O–H groups in total. The van der Waals surface area contributed by atoms with Crippen molar-refractivity contribution in [1.29, 1.82) is 5.26 Å². The number of nitriles is 1. The summed E-state index contributed by atoms with van der Waals surface area (Å²) in [7, 11) is 0. The van der Waals surface area contributed by atoms with Gasteiger partial charge in [0.05, 0.1) is 0 Å². The number of nitrogens with one attached hydrogen (secondary N) is 1. The smallest absolute Gasteiger partial charge is 0.266 e. The maximum atomic E-state index is 12.4. The summed E-state index contributed by atoms with van der Waals surface area (Å²) in [6.45, 7) is 3.93. The molecule has 0 saturated heterocycles. The first kappa shape index (κ1) is 16.5. The van der Waals surface area contributed by atoms with Crippen molar-refractivity contribution in [2.45, 2.75) is 13.8 Å². The minimum Gasteiger partial charge on any atom is -0.321 e. The lowest BCUT2D eigenvalue weighted by Gasteiger charge is -2.08. The van der Waals surface area contributed by atoms with Crippen LogP contribution in [-0.4, -0.2) is 5.91 Å². The third-order valence-electron chi connectivity index (χ3n) is 4.08. The van der Waals surface area contributed by atoms with Gasteiger partial charge >= 0.3 is 0 Å². The van der Waals surface area contributed by atoms with Crippen LogP contribution >= 0.6 is 0 Å². The standard InChI is InChI=1S/C22H18N2O/c1-15-7-10-21(16(2)11-15)24-22(25)20(14-23)13-17-8-9-18-5-3-4-6-19(18)12-17/h3-13H,1-2H3,(H,24,25)/b20-13+. The SMILES string of the molecule is Cc1ccc(NC(=O)/C(C#N)=C/c2ccc3ccccc3c2)c(C)c1. The molecule has 3 aromatic rings. The summed E-state index contributed by atoms with van der Waals surface area (Å²) in [6, 6.07) is 21.6. The first-order valence-corrected chi connectivity index (χ1v) is 8.06. The average Bonchev–Trinajstić information content (AvgIpc) is 2.61. The van der Waals surface area contributed by atoms with Gasteiger partial charge in [0.2, 0.25) is 0 Å². The molecule has 3 heteroatoms. The molecule has 0 aliphatic heterocycles. The van der Waals surface area contributed by atoms with Gasteiger partial charge in [-0.15, -0.1) is 0 Å². The van der Waals surface area contributed by atoms with Gasteiger partial charge in [-0.25, -0.2) is 0 Å². The minimum absolute atomic E-state index is 0.0789. The predicted molar refractivity (Wildman–Crippen MR) is 102 cm³/mol. The van der Waals surface area contributed by atoms with E-state index >= 15 is 0 Å². The first-order chi connectivity index (χ1) is 12.1. The van der Waals surface area contributed by atoms with Crippen molar-refractivity contribution in [3.05, 3.63) is 82.9 Å². The van der Waals surface area contributed by atoms with Crippen molar-refractivity contribution in [3.8, 4) is 6.07 Å². The monoisotopic (exact) mass is 326 g/mol. The summed E-state index contributed by atoms with van der Waals surface area (Å²) < 4.78 is 0. The Morgan fingerprint density at radius 1 is 1.00 bits per heavy atom. The second-order valence-corrected chi connectivity index (χ2v) is 6.05. The van der Waals surface area contributed by atoms with E-state index in [2.05, 4.69) is 5.32 Å². The van der Waals surface area contributed by atoms with Crippen molar-refractivity contribution in [3.63, 3.8) is 0 Å². The van der Waals surface area contributed by atoms with Crippen LogP contribution in [-0.2, 0) is 4.79 Å². The Labute approximate surface area is 147 Å². The molecule has 25 heavy (non-hydrogen) atoms. The van der Waals surface area contributed by atoms with Crippen LogP contribution in [0.2, 0.25) is 0 Å². The Hall–Kier alpha value is -3.38.